The van der Waals surface area contributed by atoms with Crippen LogP contribution in [0.25, 0.3) is 10.9 Å². The minimum Gasteiger partial charge on any atom is -0.480 e. The molecule has 3 aromatic carbocycles. The normalized spacial score (nSPS) is 13.8. The van der Waals surface area contributed by atoms with Crippen LogP contribution in [0, 0.1) is 0 Å². The number of nitrogens with one attached hydrogen (secondary N) is 4. The molecule has 4 aromatic rings. The maximum absolute atomic E-state index is 13.4. The van der Waals surface area contributed by atoms with Gasteiger partial charge in [-0.05, 0) is 29.2 Å². The van der Waals surface area contributed by atoms with Crippen LogP contribution in [-0.2, 0) is 38.4 Å². The molecule has 4 unspecified atom stereocenters. The molecule has 4 atom stereocenters. The number of aliphatic hydroxyl groups excluding tert-OH is 1. The van der Waals surface area contributed by atoms with Gasteiger partial charge in [0.1, 0.15) is 18.1 Å². The van der Waals surface area contributed by atoms with Crippen molar-refractivity contribution in [3.05, 3.63) is 108 Å². The van der Waals surface area contributed by atoms with E-state index in [2.05, 4.69) is 20.9 Å². The molecular formula is C32H35N5O6. The fraction of sp³-hybridized carbons (Fsp3) is 0.250. The highest BCUT2D eigenvalue weighted by Crippen LogP contribution is 2.18. The molecule has 1 heterocycles. The number of carbonyl (C=O) groups excluding carboxylic acids is 3. The van der Waals surface area contributed by atoms with E-state index in [9.17, 15) is 29.4 Å². The van der Waals surface area contributed by atoms with E-state index in [0.29, 0.717) is 11.1 Å². The van der Waals surface area contributed by atoms with Gasteiger partial charge in [0.15, 0.2) is 0 Å². The number of aliphatic carboxylic acids is 1. The second kappa shape index (κ2) is 14.8. The monoisotopic (exact) mass is 585 g/mol. The van der Waals surface area contributed by atoms with Gasteiger partial charge in [0, 0.05) is 29.9 Å². The van der Waals surface area contributed by atoms with Gasteiger partial charge in [-0.2, -0.15) is 0 Å². The van der Waals surface area contributed by atoms with E-state index >= 15 is 0 Å². The fourth-order valence-electron chi connectivity index (χ4n) is 4.76. The Bertz CT molecular complexity index is 1540. The van der Waals surface area contributed by atoms with Crippen molar-refractivity contribution in [2.75, 3.05) is 6.61 Å². The lowest BCUT2D eigenvalue weighted by Crippen LogP contribution is -2.58. The number of hydrogen-bond acceptors (Lipinski definition) is 6. The summed E-state index contributed by atoms with van der Waals surface area (Å²) in [6.07, 6.45) is 2.04. The van der Waals surface area contributed by atoms with Crippen LogP contribution in [-0.4, -0.2) is 69.7 Å². The summed E-state index contributed by atoms with van der Waals surface area (Å²) < 4.78 is 0. The fourth-order valence-corrected chi connectivity index (χ4v) is 4.76. The Labute approximate surface area is 248 Å². The summed E-state index contributed by atoms with van der Waals surface area (Å²) in [6.45, 7) is -0.747. The second-order valence-electron chi connectivity index (χ2n) is 10.3. The molecule has 11 nitrogen and oxygen atoms in total. The number of aromatic nitrogens is 1. The second-order valence-corrected chi connectivity index (χ2v) is 10.3. The van der Waals surface area contributed by atoms with Crippen LogP contribution in [0.4, 0.5) is 0 Å². The molecule has 43 heavy (non-hydrogen) atoms. The number of carbonyl (C=O) groups is 4. The van der Waals surface area contributed by atoms with Crippen LogP contribution < -0.4 is 21.7 Å². The number of rotatable bonds is 14. The summed E-state index contributed by atoms with van der Waals surface area (Å²) >= 11 is 0. The number of hydrogen-bond donors (Lipinski definition) is 7. The Hall–Kier alpha value is -5.00. The molecule has 0 saturated heterocycles. The Morgan fingerprint density at radius 3 is 1.79 bits per heavy atom. The van der Waals surface area contributed by atoms with Gasteiger partial charge in [-0.25, -0.2) is 4.79 Å². The third kappa shape index (κ3) is 8.51. The minimum atomic E-state index is -1.40. The molecular weight excluding hydrogens is 550 g/mol. The van der Waals surface area contributed by atoms with Crippen molar-refractivity contribution in [2.24, 2.45) is 5.73 Å². The summed E-state index contributed by atoms with van der Waals surface area (Å²) in [4.78, 5) is 54.6. The molecule has 0 radical (unpaired) electrons. The molecule has 0 bridgehead atoms. The van der Waals surface area contributed by atoms with Crippen LogP contribution in [0.3, 0.4) is 0 Å². The van der Waals surface area contributed by atoms with E-state index in [-0.39, 0.29) is 19.3 Å². The molecule has 0 aliphatic rings. The molecule has 0 aliphatic carbocycles. The molecule has 224 valence electrons. The summed E-state index contributed by atoms with van der Waals surface area (Å²) in [7, 11) is 0. The first kappa shape index (κ1) is 30.9. The topological polar surface area (TPSA) is 187 Å². The average Bonchev–Trinajstić information content (AvgIpc) is 3.42. The number of para-hydroxylation sites is 1. The zero-order valence-corrected chi connectivity index (χ0v) is 23.4. The van der Waals surface area contributed by atoms with Crippen molar-refractivity contribution in [3.63, 3.8) is 0 Å². The van der Waals surface area contributed by atoms with Crippen LogP contribution in [0.5, 0.6) is 0 Å². The van der Waals surface area contributed by atoms with Gasteiger partial charge in [0.05, 0.1) is 12.6 Å². The predicted molar refractivity (Wildman–Crippen MR) is 161 cm³/mol. The standard InChI is InChI=1S/C32H35N5O6/c33-24(17-22-18-34-25-14-8-7-13-23(22)25)29(39)37-28(19-38)31(41)35-26(15-20-9-3-1-4-10-20)30(40)36-27(32(42)43)16-21-11-5-2-6-12-21/h1-14,18,24,26-28,34,38H,15-17,19,33H2,(H,35,41)(H,36,40)(H,37,39)(H,42,43). The van der Waals surface area contributed by atoms with Crippen LogP contribution in [0.2, 0.25) is 0 Å². The Morgan fingerprint density at radius 2 is 1.19 bits per heavy atom. The van der Waals surface area contributed by atoms with E-state index in [0.717, 1.165) is 16.5 Å². The number of aromatic amines is 1. The van der Waals surface area contributed by atoms with Crippen molar-refractivity contribution >= 4 is 34.6 Å². The Kier molecular flexibility index (Phi) is 10.6. The van der Waals surface area contributed by atoms with Crippen molar-refractivity contribution in [3.8, 4) is 0 Å². The van der Waals surface area contributed by atoms with E-state index in [1.165, 1.54) is 0 Å². The summed E-state index contributed by atoms with van der Waals surface area (Å²) in [6, 6.07) is 20.4. The highest BCUT2D eigenvalue weighted by Gasteiger charge is 2.30. The largest absolute Gasteiger partial charge is 0.480 e. The van der Waals surface area contributed by atoms with Gasteiger partial charge in [-0.15, -0.1) is 0 Å². The first-order valence-electron chi connectivity index (χ1n) is 13.9. The number of carboxylic acid groups (broad SMARTS) is 1. The van der Waals surface area contributed by atoms with Crippen LogP contribution in [0.15, 0.2) is 91.1 Å². The minimum absolute atomic E-state index is 0.0392. The van der Waals surface area contributed by atoms with Gasteiger partial charge in [0.25, 0.3) is 0 Å². The van der Waals surface area contributed by atoms with Gasteiger partial charge >= 0.3 is 5.97 Å². The highest BCUT2D eigenvalue weighted by molar-refractivity contribution is 5.94. The van der Waals surface area contributed by atoms with E-state index in [1.807, 2.05) is 24.3 Å². The smallest absolute Gasteiger partial charge is 0.326 e. The zero-order chi connectivity index (χ0) is 30.8. The third-order valence-electron chi connectivity index (χ3n) is 7.08. The zero-order valence-electron chi connectivity index (χ0n) is 23.4. The lowest BCUT2D eigenvalue weighted by Gasteiger charge is -2.24. The first-order chi connectivity index (χ1) is 20.7. The number of H-pyrrole nitrogens is 1. The van der Waals surface area contributed by atoms with E-state index in [1.54, 1.807) is 66.9 Å². The van der Waals surface area contributed by atoms with E-state index < -0.39 is 54.5 Å². The van der Waals surface area contributed by atoms with Crippen molar-refractivity contribution in [2.45, 2.75) is 43.4 Å². The molecule has 0 saturated carbocycles. The SMILES string of the molecule is NC(Cc1c[nH]c2ccccc12)C(=O)NC(CO)C(=O)NC(Cc1ccccc1)C(=O)NC(Cc1ccccc1)C(=O)O. The third-order valence-corrected chi connectivity index (χ3v) is 7.08. The average molecular weight is 586 g/mol. The Balaban J connectivity index is 1.43. The van der Waals surface area contributed by atoms with Gasteiger partial charge in [-0.1, -0.05) is 78.9 Å². The lowest BCUT2D eigenvalue weighted by molar-refractivity contribution is -0.142. The molecule has 8 N–H and O–H groups in total. The molecule has 4 rings (SSSR count). The summed E-state index contributed by atoms with van der Waals surface area (Å²) in [5.41, 5.74) is 9.29. The van der Waals surface area contributed by atoms with Gasteiger partial charge in [-0.3, -0.25) is 14.4 Å². The van der Waals surface area contributed by atoms with E-state index in [4.69, 9.17) is 5.73 Å². The maximum atomic E-state index is 13.4. The molecule has 1 aromatic heterocycles. The molecule has 0 spiro atoms. The lowest BCUT2D eigenvalue weighted by atomic mass is 10.0. The van der Waals surface area contributed by atoms with Crippen molar-refractivity contribution < 1.29 is 29.4 Å². The highest BCUT2D eigenvalue weighted by atomic mass is 16.4. The number of benzene rings is 3. The number of carboxylic acids is 1. The quantitative estimate of drug-likeness (QED) is 0.115. The summed E-state index contributed by atoms with van der Waals surface area (Å²) in [5.74, 6) is -3.43. The molecule has 0 aliphatic heterocycles. The van der Waals surface area contributed by atoms with Crippen molar-refractivity contribution in [1.82, 2.24) is 20.9 Å². The molecule has 3 amide bonds. The Morgan fingerprint density at radius 1 is 0.674 bits per heavy atom. The number of fused-ring (bicyclic) bond motifs is 1. The summed E-state index contributed by atoms with van der Waals surface area (Å²) in [5, 5.41) is 28.2. The van der Waals surface area contributed by atoms with Gasteiger partial charge in [0.2, 0.25) is 17.7 Å². The molecule has 0 fully saturated rings. The number of nitrogens with two attached hydrogens (primary N) is 1. The predicted octanol–water partition coefficient (Wildman–Crippen LogP) is 1.05. The van der Waals surface area contributed by atoms with Crippen LogP contribution in [0.1, 0.15) is 16.7 Å². The van der Waals surface area contributed by atoms with Gasteiger partial charge < -0.3 is 36.9 Å². The maximum Gasteiger partial charge on any atom is 0.326 e. The number of amides is 3. The number of aliphatic hydroxyl groups is 1. The molecule has 11 heteroatoms. The van der Waals surface area contributed by atoms with Crippen LogP contribution >= 0.6 is 0 Å². The first-order valence-corrected chi connectivity index (χ1v) is 13.9. The van der Waals surface area contributed by atoms with Crippen molar-refractivity contribution in [1.29, 1.82) is 0 Å².